The Hall–Kier alpha value is -3.77. The lowest BCUT2D eigenvalue weighted by Crippen LogP contribution is -2.29. The van der Waals surface area contributed by atoms with E-state index in [9.17, 15) is 14.7 Å². The molecule has 37 heavy (non-hydrogen) atoms. The minimum atomic E-state index is -0.859. The number of hydrogen-bond donors (Lipinski definition) is 1. The van der Waals surface area contributed by atoms with Gasteiger partial charge in [-0.05, 0) is 78.9 Å². The van der Waals surface area contributed by atoms with E-state index in [0.29, 0.717) is 45.9 Å². The number of aryl methyl sites for hydroxylation is 2. The third kappa shape index (κ3) is 5.20. The molecule has 0 saturated carbocycles. The van der Waals surface area contributed by atoms with Gasteiger partial charge in [0.05, 0.1) is 25.3 Å². The molecular weight excluding hydrogens is 490 g/mol. The average Bonchev–Trinajstić information content (AvgIpc) is 3.14. The third-order valence-corrected chi connectivity index (χ3v) is 6.74. The quantitative estimate of drug-likeness (QED) is 0.215. The van der Waals surface area contributed by atoms with Crippen LogP contribution in [0.5, 0.6) is 11.5 Å². The highest BCUT2D eigenvalue weighted by Gasteiger charge is 2.47. The molecule has 0 aromatic heterocycles. The lowest BCUT2D eigenvalue weighted by Gasteiger charge is -2.26. The zero-order valence-corrected chi connectivity index (χ0v) is 22.3. The Morgan fingerprint density at radius 3 is 2.30 bits per heavy atom. The van der Waals surface area contributed by atoms with Crippen molar-refractivity contribution in [3.63, 3.8) is 0 Å². The molecule has 7 heteroatoms. The molecule has 1 amide bonds. The largest absolute Gasteiger partial charge is 0.507 e. The van der Waals surface area contributed by atoms with Gasteiger partial charge in [-0.2, -0.15) is 0 Å². The fourth-order valence-corrected chi connectivity index (χ4v) is 4.48. The van der Waals surface area contributed by atoms with Crippen molar-refractivity contribution in [3.05, 3.63) is 93.5 Å². The van der Waals surface area contributed by atoms with Gasteiger partial charge < -0.3 is 14.6 Å². The van der Waals surface area contributed by atoms with Crippen molar-refractivity contribution in [3.8, 4) is 11.5 Å². The Kier molecular flexibility index (Phi) is 7.60. The third-order valence-electron chi connectivity index (χ3n) is 6.33. The summed E-state index contributed by atoms with van der Waals surface area (Å²) in [5.41, 5.74) is 3.19. The predicted molar refractivity (Wildman–Crippen MR) is 145 cm³/mol. The van der Waals surface area contributed by atoms with Gasteiger partial charge in [-0.3, -0.25) is 14.5 Å². The van der Waals surface area contributed by atoms with E-state index >= 15 is 0 Å². The van der Waals surface area contributed by atoms with E-state index in [1.54, 1.807) is 67.8 Å². The van der Waals surface area contributed by atoms with Crippen LogP contribution in [0.15, 0.2) is 66.2 Å². The Bertz CT molecular complexity index is 1380. The van der Waals surface area contributed by atoms with Crippen LogP contribution in [0.25, 0.3) is 5.76 Å². The van der Waals surface area contributed by atoms with Crippen LogP contribution < -0.4 is 14.4 Å². The Balaban J connectivity index is 1.86. The second kappa shape index (κ2) is 10.7. The molecule has 4 rings (SSSR count). The molecule has 192 valence electrons. The molecule has 6 nitrogen and oxygen atoms in total. The summed E-state index contributed by atoms with van der Waals surface area (Å²) < 4.78 is 11.1. The first-order valence-electron chi connectivity index (χ1n) is 12.1. The number of carbonyl (C=O) groups excluding carboxylic acids is 2. The molecular formula is C30H30ClNO5. The summed E-state index contributed by atoms with van der Waals surface area (Å²) in [6.45, 7) is 8.43. The van der Waals surface area contributed by atoms with Crippen molar-refractivity contribution >= 4 is 34.7 Å². The zero-order chi connectivity index (χ0) is 26.9. The number of carbonyl (C=O) groups is 2. The molecule has 1 N–H and O–H groups in total. The van der Waals surface area contributed by atoms with Crippen LogP contribution in [0.4, 0.5) is 5.69 Å². The van der Waals surface area contributed by atoms with Crippen LogP contribution in [0.3, 0.4) is 0 Å². The highest BCUT2D eigenvalue weighted by Crippen LogP contribution is 2.43. The summed E-state index contributed by atoms with van der Waals surface area (Å²) in [4.78, 5) is 28.2. The number of methoxy groups -OCH3 is 1. The second-order valence-corrected chi connectivity index (χ2v) is 9.97. The molecule has 0 aliphatic carbocycles. The summed E-state index contributed by atoms with van der Waals surface area (Å²) in [6.07, 6.45) is 0. The van der Waals surface area contributed by atoms with E-state index in [4.69, 9.17) is 21.1 Å². The van der Waals surface area contributed by atoms with E-state index in [2.05, 4.69) is 13.8 Å². The fourth-order valence-electron chi connectivity index (χ4n) is 4.30. The Morgan fingerprint density at radius 1 is 1.00 bits per heavy atom. The van der Waals surface area contributed by atoms with Crippen LogP contribution >= 0.6 is 11.6 Å². The van der Waals surface area contributed by atoms with Gasteiger partial charge in [0.25, 0.3) is 11.7 Å². The number of ketones is 1. The standard InChI is InChI=1S/C30H30ClNO5/c1-17(2)16-37-25-13-9-21(14-19(25)4)28(33)26-27(20-7-11-23(36-5)12-8-20)32(30(35)29(26)34)22-10-6-18(3)24(31)15-22/h6-15,17,27,33H,16H2,1-5H3/b28-26+. The minimum Gasteiger partial charge on any atom is -0.507 e. The molecule has 1 atom stereocenters. The molecule has 1 saturated heterocycles. The second-order valence-electron chi connectivity index (χ2n) is 9.56. The molecule has 0 radical (unpaired) electrons. The van der Waals surface area contributed by atoms with Crippen LogP contribution in [-0.4, -0.2) is 30.5 Å². The fraction of sp³-hybridized carbons (Fsp3) is 0.267. The van der Waals surface area contributed by atoms with Crippen LogP contribution in [-0.2, 0) is 9.59 Å². The van der Waals surface area contributed by atoms with E-state index in [-0.39, 0.29) is 11.3 Å². The van der Waals surface area contributed by atoms with Gasteiger partial charge in [-0.15, -0.1) is 0 Å². The van der Waals surface area contributed by atoms with E-state index in [1.807, 2.05) is 13.8 Å². The average molecular weight is 520 g/mol. The van der Waals surface area contributed by atoms with Gasteiger partial charge in [0.15, 0.2) is 0 Å². The lowest BCUT2D eigenvalue weighted by atomic mass is 9.94. The number of rotatable bonds is 7. The zero-order valence-electron chi connectivity index (χ0n) is 21.5. The van der Waals surface area contributed by atoms with E-state index in [1.165, 1.54) is 4.90 Å². The highest BCUT2D eigenvalue weighted by atomic mass is 35.5. The number of Topliss-reactive ketones (excluding diaryl/α,β-unsaturated/α-hetero) is 1. The molecule has 0 bridgehead atoms. The number of halogens is 1. The SMILES string of the molecule is COc1ccc(C2/C(=C(\O)c3ccc(OCC(C)C)c(C)c3)C(=O)C(=O)N2c2ccc(C)c(Cl)c2)cc1. The number of amides is 1. The maximum atomic E-state index is 13.4. The topological polar surface area (TPSA) is 76.1 Å². The minimum absolute atomic E-state index is 0.00196. The number of aliphatic hydroxyl groups excluding tert-OH is 1. The van der Waals surface area contributed by atoms with Gasteiger partial charge in [-0.1, -0.05) is 43.6 Å². The summed E-state index contributed by atoms with van der Waals surface area (Å²) in [7, 11) is 1.56. The first-order valence-corrected chi connectivity index (χ1v) is 12.4. The van der Waals surface area contributed by atoms with Gasteiger partial charge in [0.2, 0.25) is 0 Å². The molecule has 1 heterocycles. The lowest BCUT2D eigenvalue weighted by molar-refractivity contribution is -0.132. The maximum absolute atomic E-state index is 13.4. The Labute approximate surface area is 222 Å². The van der Waals surface area contributed by atoms with E-state index in [0.717, 1.165) is 11.1 Å². The molecule has 1 unspecified atom stereocenters. The first-order chi connectivity index (χ1) is 17.6. The van der Waals surface area contributed by atoms with Crippen molar-refractivity contribution in [1.29, 1.82) is 0 Å². The number of ether oxygens (including phenoxy) is 2. The molecule has 1 aliphatic rings. The van der Waals surface area contributed by atoms with Gasteiger partial charge in [0.1, 0.15) is 17.3 Å². The molecule has 3 aromatic rings. The highest BCUT2D eigenvalue weighted by molar-refractivity contribution is 6.51. The number of anilines is 1. The smallest absolute Gasteiger partial charge is 0.300 e. The van der Waals surface area contributed by atoms with Crippen LogP contribution in [0.1, 0.15) is 42.1 Å². The summed E-state index contributed by atoms with van der Waals surface area (Å²) >= 11 is 6.37. The van der Waals surface area contributed by atoms with Crippen LogP contribution in [0, 0.1) is 19.8 Å². The van der Waals surface area contributed by atoms with Crippen molar-refractivity contribution in [2.45, 2.75) is 33.7 Å². The number of benzene rings is 3. The molecule has 3 aromatic carbocycles. The summed E-state index contributed by atoms with van der Waals surface area (Å²) in [5, 5.41) is 11.9. The monoisotopic (exact) mass is 519 g/mol. The molecule has 0 spiro atoms. The molecule has 1 aliphatic heterocycles. The van der Waals surface area contributed by atoms with Crippen molar-refractivity contribution < 1.29 is 24.2 Å². The maximum Gasteiger partial charge on any atom is 0.300 e. The number of aliphatic hydroxyl groups is 1. The van der Waals surface area contributed by atoms with Crippen molar-refractivity contribution in [2.24, 2.45) is 5.92 Å². The summed E-state index contributed by atoms with van der Waals surface area (Å²) in [6, 6.07) is 16.6. The van der Waals surface area contributed by atoms with Crippen LogP contribution in [0.2, 0.25) is 5.02 Å². The van der Waals surface area contributed by atoms with Gasteiger partial charge >= 0.3 is 0 Å². The van der Waals surface area contributed by atoms with Gasteiger partial charge in [-0.25, -0.2) is 0 Å². The summed E-state index contributed by atoms with van der Waals surface area (Å²) in [5.74, 6) is -0.0660. The normalized spacial score (nSPS) is 16.9. The molecule has 1 fully saturated rings. The Morgan fingerprint density at radius 2 is 1.70 bits per heavy atom. The number of hydrogen-bond acceptors (Lipinski definition) is 5. The number of nitrogens with zero attached hydrogens (tertiary/aromatic N) is 1. The van der Waals surface area contributed by atoms with Gasteiger partial charge in [0, 0.05) is 16.3 Å². The van der Waals surface area contributed by atoms with Crippen molar-refractivity contribution in [1.82, 2.24) is 0 Å². The predicted octanol–water partition coefficient (Wildman–Crippen LogP) is 6.63. The first kappa shape index (κ1) is 26.3. The van der Waals surface area contributed by atoms with Crippen molar-refractivity contribution in [2.75, 3.05) is 18.6 Å². The van der Waals surface area contributed by atoms with E-state index < -0.39 is 17.7 Å².